The lowest BCUT2D eigenvalue weighted by atomic mass is 10.0. The minimum atomic E-state index is -4.64. The predicted octanol–water partition coefficient (Wildman–Crippen LogP) is 6.34. The molecule has 170 valence electrons. The zero-order chi connectivity index (χ0) is 23.8. The Bertz CT molecular complexity index is 1030. The van der Waals surface area contributed by atoms with Crippen LogP contribution in [-0.4, -0.2) is 14.1 Å². The summed E-state index contributed by atoms with van der Waals surface area (Å²) in [6, 6.07) is 7.75. The predicted molar refractivity (Wildman–Crippen MR) is 101 cm³/mol. The van der Waals surface area contributed by atoms with Gasteiger partial charge < -0.3 is 4.84 Å². The van der Waals surface area contributed by atoms with Crippen molar-refractivity contribution in [1.29, 1.82) is 4.78 Å². The summed E-state index contributed by atoms with van der Waals surface area (Å²) in [6.07, 6.45) is -9.16. The molecule has 0 atom stereocenters. The van der Waals surface area contributed by atoms with E-state index in [-0.39, 0.29) is 28.3 Å². The monoisotopic (exact) mass is 488 g/mol. The topological polar surface area (TPSA) is 79.6 Å². The number of halogens is 7. The molecule has 0 bridgehead atoms. The van der Waals surface area contributed by atoms with Crippen LogP contribution in [0.15, 0.2) is 47.6 Å². The third-order valence-corrected chi connectivity index (χ3v) is 3.89. The van der Waals surface area contributed by atoms with Gasteiger partial charge in [-0.3, -0.25) is 0 Å². The van der Waals surface area contributed by atoms with E-state index in [0.29, 0.717) is 0 Å². The van der Waals surface area contributed by atoms with E-state index in [0.717, 1.165) is 24.3 Å². The van der Waals surface area contributed by atoms with Crippen molar-refractivity contribution in [2.45, 2.75) is 32.3 Å². The molecule has 0 aliphatic rings. The molecule has 13 heteroatoms. The van der Waals surface area contributed by atoms with Crippen molar-refractivity contribution in [3.05, 3.63) is 69.7 Å². The average molecular weight is 489 g/mol. The molecule has 5 nitrogen and oxygen atoms in total. The molecule has 0 saturated carbocycles. The highest BCUT2D eigenvalue weighted by Crippen LogP contribution is 2.34. The first-order valence-corrected chi connectivity index (χ1v) is 9.74. The van der Waals surface area contributed by atoms with Gasteiger partial charge in [-0.15, -0.1) is 0 Å². The Morgan fingerprint density at radius 2 is 1.58 bits per heavy atom. The van der Waals surface area contributed by atoms with Crippen LogP contribution in [0.5, 0.6) is 0 Å². The van der Waals surface area contributed by atoms with Crippen LogP contribution >= 0.6 is 11.6 Å². The lowest BCUT2D eigenvalue weighted by Gasteiger charge is -2.15. The van der Waals surface area contributed by atoms with E-state index in [2.05, 4.69) is 5.16 Å². The van der Waals surface area contributed by atoms with Crippen LogP contribution < -0.4 is 0 Å². The molecule has 2 aromatic rings. The van der Waals surface area contributed by atoms with Gasteiger partial charge in [-0.05, 0) is 30.7 Å². The summed E-state index contributed by atoms with van der Waals surface area (Å²) in [5.74, 6) is 0. The molecule has 2 aromatic carbocycles. The molecule has 0 heterocycles. The second kappa shape index (κ2) is 11.1. The number of rotatable bonds is 5. The van der Waals surface area contributed by atoms with Gasteiger partial charge >= 0.3 is 22.9 Å². The zero-order valence-corrected chi connectivity index (χ0v) is 17.3. The van der Waals surface area contributed by atoms with Gasteiger partial charge in [0.1, 0.15) is 6.61 Å². The Balaban J connectivity index is 0.00000110. The first-order valence-electron chi connectivity index (χ1n) is 8.28. The van der Waals surface area contributed by atoms with Crippen LogP contribution in [0, 0.1) is 4.78 Å². The Morgan fingerprint density at radius 1 is 1.03 bits per heavy atom. The lowest BCUT2D eigenvalue weighted by molar-refractivity contribution is -0.139. The van der Waals surface area contributed by atoms with Crippen molar-refractivity contribution in [2.75, 3.05) is 0 Å². The standard InChI is InChI=1S/C18H14ClF6NO.HNO2S/c1-2-16(13-9-12(19)7-8-15(13)18(23,24)25)26-27-10-11-5-3-4-6-14(11)17(20,21)22;1-4(2)3/h3-9H,2,10H2,1H3;1H/b26-16+;. The van der Waals surface area contributed by atoms with Crippen LogP contribution in [-0.2, 0) is 34.3 Å². The van der Waals surface area contributed by atoms with Crippen LogP contribution in [0.3, 0.4) is 0 Å². The molecule has 0 fully saturated rings. The molecule has 0 unspecified atom stereocenters. The van der Waals surface area contributed by atoms with Gasteiger partial charge in [0.05, 0.1) is 16.8 Å². The first-order chi connectivity index (χ1) is 14.3. The van der Waals surface area contributed by atoms with Crippen LogP contribution in [0.25, 0.3) is 0 Å². The van der Waals surface area contributed by atoms with E-state index in [1.807, 2.05) is 0 Å². The maximum Gasteiger partial charge on any atom is 0.417 e. The van der Waals surface area contributed by atoms with Gasteiger partial charge in [-0.25, -0.2) is 0 Å². The van der Waals surface area contributed by atoms with E-state index >= 15 is 0 Å². The maximum atomic E-state index is 13.2. The van der Waals surface area contributed by atoms with Crippen LogP contribution in [0.2, 0.25) is 5.02 Å². The maximum absolute atomic E-state index is 13.2. The highest BCUT2D eigenvalue weighted by atomic mass is 35.5. The fourth-order valence-electron chi connectivity index (χ4n) is 2.41. The first kappa shape index (κ1) is 26.4. The molecule has 0 aliphatic carbocycles. The molecule has 0 aliphatic heterocycles. The summed E-state index contributed by atoms with van der Waals surface area (Å²) >= 11 is 5.78. The molecule has 0 amide bonds. The van der Waals surface area contributed by atoms with E-state index in [9.17, 15) is 26.3 Å². The molecular weight excluding hydrogens is 474 g/mol. The van der Waals surface area contributed by atoms with Crippen molar-refractivity contribution in [3.8, 4) is 0 Å². The molecule has 31 heavy (non-hydrogen) atoms. The van der Waals surface area contributed by atoms with Crippen molar-refractivity contribution in [2.24, 2.45) is 5.16 Å². The number of nitrogens with zero attached hydrogens (tertiary/aromatic N) is 1. The minimum Gasteiger partial charge on any atom is -0.391 e. The van der Waals surface area contributed by atoms with Crippen LogP contribution in [0.4, 0.5) is 26.3 Å². The summed E-state index contributed by atoms with van der Waals surface area (Å²) in [6.45, 7) is 1.01. The highest BCUT2D eigenvalue weighted by molar-refractivity contribution is 7.60. The summed E-state index contributed by atoms with van der Waals surface area (Å²) < 4.78 is 101. The largest absolute Gasteiger partial charge is 0.417 e. The number of alkyl halides is 6. The van der Waals surface area contributed by atoms with Gasteiger partial charge in [0.25, 0.3) is 0 Å². The van der Waals surface area contributed by atoms with Crippen molar-refractivity contribution >= 4 is 27.8 Å². The van der Waals surface area contributed by atoms with E-state index in [1.165, 1.54) is 18.2 Å². The van der Waals surface area contributed by atoms with Crippen molar-refractivity contribution < 1.29 is 39.6 Å². The van der Waals surface area contributed by atoms with E-state index < -0.39 is 40.6 Å². The zero-order valence-electron chi connectivity index (χ0n) is 15.7. The fourth-order valence-corrected chi connectivity index (χ4v) is 2.58. The summed E-state index contributed by atoms with van der Waals surface area (Å²) in [5, 5.41) is 3.71. The minimum absolute atomic E-state index is 0.0599. The number of oxime groups is 1. The van der Waals surface area contributed by atoms with Gasteiger partial charge in [-0.1, -0.05) is 41.9 Å². The Hall–Kier alpha value is -2.60. The van der Waals surface area contributed by atoms with Crippen molar-refractivity contribution in [3.63, 3.8) is 0 Å². The van der Waals surface area contributed by atoms with Gasteiger partial charge in [0.2, 0.25) is 0 Å². The molecule has 0 spiro atoms. The third-order valence-electron chi connectivity index (χ3n) is 3.65. The second-order valence-corrected chi connectivity index (χ2v) is 6.65. The van der Waals surface area contributed by atoms with Gasteiger partial charge in [0.15, 0.2) is 0 Å². The van der Waals surface area contributed by atoms with Gasteiger partial charge in [0, 0.05) is 16.1 Å². The third kappa shape index (κ3) is 8.58. The van der Waals surface area contributed by atoms with Crippen LogP contribution in [0.1, 0.15) is 35.6 Å². The van der Waals surface area contributed by atoms with E-state index in [1.54, 1.807) is 6.92 Å². The number of hydrogen-bond donors (Lipinski definition) is 1. The molecule has 0 radical (unpaired) electrons. The fraction of sp³-hybridized carbons (Fsp3) is 0.278. The molecular formula is C18H15ClF6N2O3S. The number of nitrogens with one attached hydrogen (secondary N) is 1. The van der Waals surface area contributed by atoms with E-state index in [4.69, 9.17) is 29.6 Å². The summed E-state index contributed by atoms with van der Waals surface area (Å²) in [4.78, 5) is 4.95. The summed E-state index contributed by atoms with van der Waals surface area (Å²) in [5.41, 5.74) is -2.37. The number of hydrogen-bond acceptors (Lipinski definition) is 5. The molecule has 1 N–H and O–H groups in total. The number of benzene rings is 2. The molecule has 2 rings (SSSR count). The molecule has 0 aromatic heterocycles. The second-order valence-electron chi connectivity index (χ2n) is 5.74. The quantitative estimate of drug-likeness (QED) is 0.303. The average Bonchev–Trinajstić information content (AvgIpc) is 2.63. The Kier molecular flexibility index (Phi) is 9.50. The Labute approximate surface area is 179 Å². The van der Waals surface area contributed by atoms with Crippen molar-refractivity contribution in [1.82, 2.24) is 0 Å². The molecule has 0 saturated heterocycles. The Morgan fingerprint density at radius 3 is 2.10 bits per heavy atom. The smallest absolute Gasteiger partial charge is 0.391 e. The lowest BCUT2D eigenvalue weighted by Crippen LogP contribution is -2.14. The summed E-state index contributed by atoms with van der Waals surface area (Å²) in [7, 11) is -2.61. The van der Waals surface area contributed by atoms with Gasteiger partial charge in [-0.2, -0.15) is 39.5 Å². The SMILES string of the molecule is CC/C(=N\OCc1ccccc1C(F)(F)F)c1cc(Cl)ccc1C(F)(F)F.N=S(=O)=O. The highest BCUT2D eigenvalue weighted by Gasteiger charge is 2.35. The normalized spacial score (nSPS) is 12.1.